The van der Waals surface area contributed by atoms with Crippen molar-refractivity contribution in [3.63, 3.8) is 0 Å². The maximum atomic E-state index is 15.4. The van der Waals surface area contributed by atoms with Crippen molar-refractivity contribution in [3.8, 4) is 11.1 Å². The van der Waals surface area contributed by atoms with Crippen molar-refractivity contribution in [3.05, 3.63) is 102 Å². The molecule has 2 aromatic heterocycles. The molecule has 0 spiro atoms. The van der Waals surface area contributed by atoms with Crippen molar-refractivity contribution in [2.45, 2.75) is 42.7 Å². The molecule has 1 aliphatic carbocycles. The van der Waals surface area contributed by atoms with Crippen LogP contribution in [0.5, 0.6) is 0 Å². The zero-order valence-electron chi connectivity index (χ0n) is 34.7. The maximum Gasteiger partial charge on any atom is 0.328 e. The Morgan fingerprint density at radius 2 is 1.21 bits per heavy atom. The molecule has 0 bridgehead atoms. The maximum absolute atomic E-state index is 15.4. The number of nitrogens with two attached hydrogens (primary N) is 1. The number of aromatic nitrogens is 3. The number of likely N-dealkylation sites (N-methyl/N-ethyl adjacent to an activating group) is 1. The lowest BCUT2D eigenvalue weighted by Gasteiger charge is -2.41. The van der Waals surface area contributed by atoms with Crippen LogP contribution >= 0.6 is 11.6 Å². The first kappa shape index (κ1) is 53.1. The molecule has 21 nitrogen and oxygen atoms in total. The van der Waals surface area contributed by atoms with Crippen LogP contribution in [0.2, 0.25) is 5.02 Å². The van der Waals surface area contributed by atoms with Gasteiger partial charge in [0.15, 0.2) is 0 Å². The van der Waals surface area contributed by atoms with Crippen LogP contribution in [-0.2, 0) is 38.8 Å². The number of carbonyl (C=O) groups is 6. The zero-order valence-corrected chi connectivity index (χ0v) is 36.3. The molecule has 4 aromatic rings. The summed E-state index contributed by atoms with van der Waals surface area (Å²) >= 11 is 5.93. The predicted molar refractivity (Wildman–Crippen MR) is 233 cm³/mol. The average Bonchev–Trinajstić information content (AvgIpc) is 3.64. The predicted octanol–water partition coefficient (Wildman–Crippen LogP) is 4.28. The van der Waals surface area contributed by atoms with E-state index in [4.69, 9.17) is 48.0 Å². The summed E-state index contributed by atoms with van der Waals surface area (Å²) in [6.07, 6.45) is 10.9. The van der Waals surface area contributed by atoms with E-state index in [0.29, 0.717) is 64.7 Å². The van der Waals surface area contributed by atoms with E-state index < -0.39 is 57.5 Å². The summed E-state index contributed by atoms with van der Waals surface area (Å²) in [5.74, 6) is -8.73. The van der Waals surface area contributed by atoms with Gasteiger partial charge in [-0.25, -0.2) is 55.9 Å². The SMILES string of the molecule is CN1CCN(C2CCC(n3cc(-c4ccc(NS(=O)(=O)c5ccc(F)cc5Cl)c(F)c4)c4c(N)ncnc43)CC2)CC1.O=C(O)/C=C\C(=O)O.O=C(O)/C=C\C(=O)O.O=C(O)/C=C\C(=O)O. The monoisotopic (exact) mass is 963 g/mol. The highest BCUT2D eigenvalue weighted by molar-refractivity contribution is 7.92. The first-order valence-electron chi connectivity index (χ1n) is 19.2. The van der Waals surface area contributed by atoms with Gasteiger partial charge in [0.2, 0.25) is 0 Å². The van der Waals surface area contributed by atoms with Gasteiger partial charge >= 0.3 is 35.8 Å². The van der Waals surface area contributed by atoms with Crippen LogP contribution < -0.4 is 10.5 Å². The minimum absolute atomic E-state index is 0.218. The molecular weight excluding hydrogens is 920 g/mol. The molecule has 2 fully saturated rings. The van der Waals surface area contributed by atoms with Gasteiger partial charge in [0.25, 0.3) is 10.0 Å². The zero-order chi connectivity index (χ0) is 49.3. The second kappa shape index (κ2) is 24.7. The van der Waals surface area contributed by atoms with Gasteiger partial charge in [-0.05, 0) is 68.6 Å². The quantitative estimate of drug-likeness (QED) is 0.0919. The molecule has 1 saturated carbocycles. The molecule has 0 radical (unpaired) electrons. The molecule has 354 valence electrons. The highest BCUT2D eigenvalue weighted by Gasteiger charge is 2.30. The Labute approximate surface area is 379 Å². The number of carboxylic acid groups (broad SMARTS) is 6. The molecule has 6 rings (SSSR count). The first-order valence-corrected chi connectivity index (χ1v) is 21.1. The fourth-order valence-corrected chi connectivity index (χ4v) is 8.18. The fraction of sp³-hybridized carbons (Fsp3) is 0.268. The van der Waals surface area contributed by atoms with E-state index in [2.05, 4.69) is 36.1 Å². The lowest BCUT2D eigenvalue weighted by molar-refractivity contribution is -0.134. The Bertz CT molecular complexity index is 2500. The van der Waals surface area contributed by atoms with Crippen molar-refractivity contribution in [1.29, 1.82) is 0 Å². The lowest BCUT2D eigenvalue weighted by atomic mass is 9.89. The van der Waals surface area contributed by atoms with Crippen molar-refractivity contribution >= 4 is 80.0 Å². The van der Waals surface area contributed by atoms with Gasteiger partial charge in [-0.3, -0.25) is 9.62 Å². The number of nitrogens with one attached hydrogen (secondary N) is 1. The van der Waals surface area contributed by atoms with Gasteiger partial charge in [-0.1, -0.05) is 17.7 Å². The van der Waals surface area contributed by atoms with Gasteiger partial charge < -0.3 is 45.8 Å². The molecular formula is C41H44ClF2N7O14S. The molecule has 0 atom stereocenters. The van der Waals surface area contributed by atoms with Gasteiger partial charge in [-0.15, -0.1) is 0 Å². The molecule has 0 unspecified atom stereocenters. The number of anilines is 2. The summed E-state index contributed by atoms with van der Waals surface area (Å²) in [6, 6.07) is 7.88. The van der Waals surface area contributed by atoms with Gasteiger partial charge in [0.1, 0.15) is 34.3 Å². The number of carboxylic acids is 6. The number of benzene rings is 2. The highest BCUT2D eigenvalue weighted by Crippen LogP contribution is 2.40. The summed E-state index contributed by atoms with van der Waals surface area (Å²) in [5.41, 5.74) is 7.90. The third-order valence-corrected chi connectivity index (χ3v) is 11.4. The van der Waals surface area contributed by atoms with Crippen LogP contribution in [0.3, 0.4) is 0 Å². The number of rotatable bonds is 12. The summed E-state index contributed by atoms with van der Waals surface area (Å²) in [6.45, 7) is 4.39. The number of piperazine rings is 1. The number of sulfonamides is 1. The van der Waals surface area contributed by atoms with Crippen molar-refractivity contribution in [2.24, 2.45) is 0 Å². The molecule has 25 heteroatoms. The van der Waals surface area contributed by atoms with E-state index >= 15 is 4.39 Å². The van der Waals surface area contributed by atoms with E-state index in [1.54, 1.807) is 6.07 Å². The van der Waals surface area contributed by atoms with Gasteiger partial charge in [0, 0.05) is 86.5 Å². The number of nitrogen functional groups attached to an aromatic ring is 1. The largest absolute Gasteiger partial charge is 0.478 e. The molecule has 9 N–H and O–H groups in total. The Balaban J connectivity index is 0.000000394. The highest BCUT2D eigenvalue weighted by atomic mass is 35.5. The third-order valence-electron chi connectivity index (χ3n) is 9.57. The minimum atomic E-state index is -4.27. The Morgan fingerprint density at radius 3 is 1.67 bits per heavy atom. The summed E-state index contributed by atoms with van der Waals surface area (Å²) in [5, 5.41) is 47.2. The van der Waals surface area contributed by atoms with Crippen LogP contribution in [0.15, 0.2) is 90.3 Å². The number of hydrogen-bond acceptors (Lipinski definition) is 13. The number of halogens is 3. The number of fused-ring (bicyclic) bond motifs is 1. The smallest absolute Gasteiger partial charge is 0.328 e. The van der Waals surface area contributed by atoms with Crippen molar-refractivity contribution < 1.29 is 76.6 Å². The van der Waals surface area contributed by atoms with E-state index in [9.17, 15) is 41.6 Å². The average molecular weight is 964 g/mol. The Hall–Kier alpha value is -7.28. The minimum Gasteiger partial charge on any atom is -0.478 e. The Kier molecular flexibility index (Phi) is 19.9. The summed E-state index contributed by atoms with van der Waals surface area (Å²) in [4.78, 5) is 70.7. The van der Waals surface area contributed by atoms with Crippen LogP contribution in [0.25, 0.3) is 22.2 Å². The molecule has 2 aromatic carbocycles. The second-order valence-electron chi connectivity index (χ2n) is 14.1. The van der Waals surface area contributed by atoms with E-state index in [0.717, 1.165) is 70.1 Å². The normalized spacial score (nSPS) is 16.6. The number of aliphatic carboxylic acids is 6. The Morgan fingerprint density at radius 1 is 0.727 bits per heavy atom. The lowest BCUT2D eigenvalue weighted by Crippen LogP contribution is -2.49. The van der Waals surface area contributed by atoms with Gasteiger partial charge in [0.05, 0.1) is 16.1 Å². The molecule has 2 aliphatic rings. The molecule has 1 saturated heterocycles. The summed E-state index contributed by atoms with van der Waals surface area (Å²) < 4.78 is 58.8. The molecule has 1 aliphatic heterocycles. The topological polar surface area (TPSA) is 333 Å². The molecule has 0 amide bonds. The molecule has 3 heterocycles. The third kappa shape index (κ3) is 16.7. The van der Waals surface area contributed by atoms with Gasteiger partial charge in [-0.2, -0.15) is 0 Å². The molecule has 66 heavy (non-hydrogen) atoms. The number of hydrogen-bond donors (Lipinski definition) is 8. The first-order chi connectivity index (χ1) is 31.0. The van der Waals surface area contributed by atoms with Crippen LogP contribution in [0.1, 0.15) is 31.7 Å². The van der Waals surface area contributed by atoms with Crippen LogP contribution in [0.4, 0.5) is 20.3 Å². The fourth-order valence-electron chi connectivity index (χ4n) is 6.58. The van der Waals surface area contributed by atoms with Crippen molar-refractivity contribution in [2.75, 3.05) is 43.7 Å². The summed E-state index contributed by atoms with van der Waals surface area (Å²) in [7, 11) is -2.10. The number of nitrogens with zero attached hydrogens (tertiary/aromatic N) is 5. The van der Waals surface area contributed by atoms with Crippen LogP contribution in [0, 0.1) is 11.6 Å². The second-order valence-corrected chi connectivity index (χ2v) is 16.2. The van der Waals surface area contributed by atoms with Crippen molar-refractivity contribution in [1.82, 2.24) is 24.3 Å². The van der Waals surface area contributed by atoms with E-state index in [1.165, 1.54) is 18.5 Å². The van der Waals surface area contributed by atoms with Crippen LogP contribution in [-0.4, -0.2) is 138 Å². The van der Waals surface area contributed by atoms with E-state index in [-0.39, 0.29) is 27.5 Å². The standard InChI is InChI=1S/C29H32ClF2N7O2S.3C4H4O4/c1-37-10-12-38(13-11-37)20-4-6-21(7-5-20)39-16-22(27-28(33)34-17-35-29(27)39)18-2-8-25(24(32)14-18)36-42(40,41)26-9-3-19(31)15-23(26)30;3*5-3(6)1-2-4(7)8/h2-3,8-9,14-17,20-21,36H,4-7,10-13H2,1H3,(H2,33,34,35);3*1-2H,(H,5,6)(H,7,8)/b;3*2-1-. The van der Waals surface area contributed by atoms with E-state index in [1.807, 2.05) is 6.20 Å².